The van der Waals surface area contributed by atoms with Gasteiger partial charge in [-0.15, -0.1) is 0 Å². The summed E-state index contributed by atoms with van der Waals surface area (Å²) in [5.74, 6) is 3.44. The van der Waals surface area contributed by atoms with E-state index in [1.807, 2.05) is 12.1 Å². The Morgan fingerprint density at radius 3 is 2.45 bits per heavy atom. The lowest BCUT2D eigenvalue weighted by Gasteiger charge is -2.54. The molecule has 1 aromatic carbocycles. The minimum absolute atomic E-state index is 0.0783. The highest BCUT2D eigenvalue weighted by Gasteiger charge is 2.48. The number of aromatic nitrogens is 2. The maximum absolute atomic E-state index is 13.1. The Labute approximate surface area is 170 Å². The highest BCUT2D eigenvalue weighted by atomic mass is 16.5. The van der Waals surface area contributed by atoms with Gasteiger partial charge in [-0.1, -0.05) is 12.1 Å². The molecule has 4 aliphatic carbocycles. The molecule has 0 spiro atoms. The number of ether oxygens (including phenoxy) is 1. The van der Waals surface area contributed by atoms with Crippen LogP contribution >= 0.6 is 0 Å². The van der Waals surface area contributed by atoms with Gasteiger partial charge in [-0.05, 0) is 73.5 Å². The van der Waals surface area contributed by atoms with Crippen molar-refractivity contribution in [2.45, 2.75) is 44.8 Å². The third-order valence-corrected chi connectivity index (χ3v) is 7.11. The molecule has 4 aliphatic rings. The molecule has 0 aliphatic heterocycles. The number of rotatable bonds is 5. The molecule has 1 aromatic heterocycles. The van der Waals surface area contributed by atoms with E-state index >= 15 is 0 Å². The van der Waals surface area contributed by atoms with Gasteiger partial charge >= 0.3 is 0 Å². The van der Waals surface area contributed by atoms with Gasteiger partial charge in [0, 0.05) is 13.1 Å². The highest BCUT2D eigenvalue weighted by molar-refractivity contribution is 5.96. The number of carbonyl (C=O) groups is 1. The summed E-state index contributed by atoms with van der Waals surface area (Å²) >= 11 is 0. The van der Waals surface area contributed by atoms with Crippen LogP contribution in [0.2, 0.25) is 0 Å². The molecule has 150 valence electrons. The Hall–Kier alpha value is -2.81. The van der Waals surface area contributed by atoms with Crippen molar-refractivity contribution in [1.29, 1.82) is 5.26 Å². The Morgan fingerprint density at radius 1 is 1.17 bits per heavy atom. The zero-order valence-electron chi connectivity index (χ0n) is 16.7. The Bertz CT molecular complexity index is 928. The lowest BCUT2D eigenvalue weighted by molar-refractivity contribution is -0.0120. The summed E-state index contributed by atoms with van der Waals surface area (Å²) < 4.78 is 7.56. The highest BCUT2D eigenvalue weighted by Crippen LogP contribution is 2.53. The normalized spacial score (nSPS) is 29.4. The minimum Gasteiger partial charge on any atom is -0.472 e. The van der Waals surface area contributed by atoms with Gasteiger partial charge in [-0.25, -0.2) is 4.68 Å². The predicted octanol–water partition coefficient (Wildman–Crippen LogP) is 3.43. The van der Waals surface area contributed by atoms with E-state index in [0.717, 1.165) is 17.4 Å². The zero-order valence-corrected chi connectivity index (χ0v) is 16.7. The Morgan fingerprint density at radius 2 is 1.83 bits per heavy atom. The summed E-state index contributed by atoms with van der Waals surface area (Å²) in [5.41, 5.74) is 2.05. The predicted molar refractivity (Wildman–Crippen MR) is 107 cm³/mol. The molecule has 6 heteroatoms. The van der Waals surface area contributed by atoms with Crippen LogP contribution in [0.25, 0.3) is 0 Å². The number of nitrogens with one attached hydrogen (secondary N) is 1. The Kier molecular flexibility index (Phi) is 4.54. The zero-order chi connectivity index (χ0) is 20.0. The number of carbonyl (C=O) groups excluding carboxylic acids is 1. The number of nitrogens with zero attached hydrogens (tertiary/aromatic N) is 3. The number of benzene rings is 1. The second-order valence-electron chi connectivity index (χ2n) is 9.01. The quantitative estimate of drug-likeness (QED) is 0.848. The number of aryl methyl sites for hydroxylation is 1. The van der Waals surface area contributed by atoms with Crippen LogP contribution in [0.1, 0.15) is 53.6 Å². The summed E-state index contributed by atoms with van der Waals surface area (Å²) in [4.78, 5) is 13.1. The van der Waals surface area contributed by atoms with Crippen molar-refractivity contribution in [3.63, 3.8) is 0 Å². The van der Waals surface area contributed by atoms with Crippen molar-refractivity contribution in [3.05, 3.63) is 47.2 Å². The molecule has 0 unspecified atom stereocenters. The first-order valence-corrected chi connectivity index (χ1v) is 10.6. The van der Waals surface area contributed by atoms with E-state index in [1.54, 1.807) is 30.1 Å². The molecule has 2 aromatic rings. The van der Waals surface area contributed by atoms with Gasteiger partial charge in [-0.3, -0.25) is 4.79 Å². The summed E-state index contributed by atoms with van der Waals surface area (Å²) in [6.45, 7) is 0.323. The average Bonchev–Trinajstić information content (AvgIpc) is 3.09. The van der Waals surface area contributed by atoms with Crippen LogP contribution in [0.15, 0.2) is 30.5 Å². The molecule has 1 heterocycles. The molecule has 6 rings (SSSR count). The van der Waals surface area contributed by atoms with E-state index in [4.69, 9.17) is 10.00 Å². The fraction of sp³-hybridized carbons (Fsp3) is 0.522. The summed E-state index contributed by atoms with van der Waals surface area (Å²) in [7, 11) is 1.79. The van der Waals surface area contributed by atoms with E-state index < -0.39 is 0 Å². The number of hydrogen-bond acceptors (Lipinski definition) is 4. The largest absolute Gasteiger partial charge is 0.472 e. The summed E-state index contributed by atoms with van der Waals surface area (Å²) in [5, 5.41) is 16.5. The van der Waals surface area contributed by atoms with Gasteiger partial charge < -0.3 is 10.1 Å². The topological polar surface area (TPSA) is 79.9 Å². The Balaban J connectivity index is 1.27. The van der Waals surface area contributed by atoms with Crippen LogP contribution in [0.4, 0.5) is 0 Å². The molecular weight excluding hydrogens is 364 g/mol. The van der Waals surface area contributed by atoms with Crippen molar-refractivity contribution in [3.8, 4) is 11.9 Å². The summed E-state index contributed by atoms with van der Waals surface area (Å²) in [6, 6.07) is 9.66. The van der Waals surface area contributed by atoms with E-state index in [2.05, 4.69) is 16.5 Å². The lowest BCUT2D eigenvalue weighted by Crippen LogP contribution is -2.55. The second-order valence-corrected chi connectivity index (χ2v) is 9.01. The second kappa shape index (κ2) is 7.22. The molecule has 0 saturated heterocycles. The number of amides is 1. The first-order valence-electron chi connectivity index (χ1n) is 10.6. The van der Waals surface area contributed by atoms with Crippen LogP contribution in [-0.4, -0.2) is 21.7 Å². The molecule has 1 amide bonds. The fourth-order valence-electron chi connectivity index (χ4n) is 5.97. The van der Waals surface area contributed by atoms with E-state index in [0.29, 0.717) is 41.5 Å². The van der Waals surface area contributed by atoms with Crippen molar-refractivity contribution in [1.82, 2.24) is 15.1 Å². The van der Waals surface area contributed by atoms with Crippen molar-refractivity contribution >= 4 is 5.91 Å². The van der Waals surface area contributed by atoms with E-state index in [9.17, 15) is 4.79 Å². The first-order chi connectivity index (χ1) is 14.1. The van der Waals surface area contributed by atoms with Crippen LogP contribution in [0.5, 0.6) is 5.88 Å². The van der Waals surface area contributed by atoms with Gasteiger partial charge in [0.15, 0.2) is 0 Å². The minimum atomic E-state index is -0.0783. The van der Waals surface area contributed by atoms with Gasteiger partial charge in [0.2, 0.25) is 5.88 Å². The first kappa shape index (κ1) is 18.2. The van der Waals surface area contributed by atoms with Crippen LogP contribution in [0, 0.1) is 35.0 Å². The smallest absolute Gasteiger partial charge is 0.258 e. The van der Waals surface area contributed by atoms with Crippen LogP contribution in [0.3, 0.4) is 0 Å². The third kappa shape index (κ3) is 3.39. The molecule has 0 atom stereocenters. The van der Waals surface area contributed by atoms with Gasteiger partial charge in [0.05, 0.1) is 17.8 Å². The summed E-state index contributed by atoms with van der Waals surface area (Å²) in [6.07, 6.45) is 8.09. The number of nitriles is 1. The van der Waals surface area contributed by atoms with Crippen molar-refractivity contribution < 1.29 is 9.53 Å². The maximum atomic E-state index is 13.1. The van der Waals surface area contributed by atoms with Gasteiger partial charge in [-0.2, -0.15) is 10.4 Å². The van der Waals surface area contributed by atoms with Gasteiger partial charge in [0.25, 0.3) is 5.91 Å². The average molecular weight is 390 g/mol. The number of hydrogen-bond donors (Lipinski definition) is 1. The standard InChI is InChI=1S/C23H26N4O2/c1-27-23(29-13-15-4-2-14(11-24)3-5-15)20(12-25-27)22(28)26-21-18-7-16-6-17(9-18)10-19(21)8-16/h2-5,12,16-19,21H,6-10,13H2,1H3,(H,26,28). The molecule has 4 saturated carbocycles. The van der Waals surface area contributed by atoms with Crippen LogP contribution in [-0.2, 0) is 13.7 Å². The van der Waals surface area contributed by atoms with Crippen molar-refractivity contribution in [2.24, 2.45) is 30.7 Å². The molecule has 0 radical (unpaired) electrons. The van der Waals surface area contributed by atoms with E-state index in [1.165, 1.54) is 32.1 Å². The molecule has 29 heavy (non-hydrogen) atoms. The monoisotopic (exact) mass is 390 g/mol. The van der Waals surface area contributed by atoms with Gasteiger partial charge in [0.1, 0.15) is 12.2 Å². The fourth-order valence-corrected chi connectivity index (χ4v) is 5.97. The third-order valence-electron chi connectivity index (χ3n) is 7.11. The van der Waals surface area contributed by atoms with Crippen molar-refractivity contribution in [2.75, 3.05) is 0 Å². The molecule has 6 nitrogen and oxygen atoms in total. The van der Waals surface area contributed by atoms with Crippen LogP contribution < -0.4 is 10.1 Å². The molecule has 1 N–H and O–H groups in total. The maximum Gasteiger partial charge on any atom is 0.258 e. The molecular formula is C23H26N4O2. The SMILES string of the molecule is Cn1ncc(C(=O)NC2C3CC4CC(C3)CC2C4)c1OCc1ccc(C#N)cc1. The lowest BCUT2D eigenvalue weighted by atomic mass is 9.54. The molecule has 4 bridgehead atoms. The van der Waals surface area contributed by atoms with E-state index in [-0.39, 0.29) is 5.91 Å². The molecule has 4 fully saturated rings.